The number of benzene rings is 1. The zero-order valence-corrected chi connectivity index (χ0v) is 20.5. The average Bonchev–Trinajstić information content (AvgIpc) is 3.03. The van der Waals surface area contributed by atoms with Gasteiger partial charge in [-0.3, -0.25) is 9.63 Å². The second-order valence-electron chi connectivity index (χ2n) is 8.47. The molecule has 170 valence electrons. The molecule has 2 heterocycles. The Bertz CT molecular complexity index is 821. The minimum absolute atomic E-state index is 0.114. The fourth-order valence-electron chi connectivity index (χ4n) is 4.20. The minimum atomic E-state index is -0.610. The number of carbonyl (C=O) groups excluding carboxylic acids is 2. The van der Waals surface area contributed by atoms with E-state index in [2.05, 4.69) is 10.6 Å². The van der Waals surface area contributed by atoms with E-state index in [4.69, 9.17) is 17.1 Å². The van der Waals surface area contributed by atoms with Gasteiger partial charge >= 0.3 is 5.97 Å². The number of amides is 1. The van der Waals surface area contributed by atoms with E-state index >= 15 is 0 Å². The molecular formula is C22H33N4O3S2+. The van der Waals surface area contributed by atoms with Gasteiger partial charge in [0.25, 0.3) is 0 Å². The largest absolute Gasteiger partial charge is 0.390 e. The average molecular weight is 466 g/mol. The first-order valence-corrected chi connectivity index (χ1v) is 12.1. The molecule has 3 rings (SSSR count). The van der Waals surface area contributed by atoms with Crippen LogP contribution in [0.2, 0.25) is 0 Å². The van der Waals surface area contributed by atoms with Crippen molar-refractivity contribution in [3.8, 4) is 0 Å². The normalized spacial score (nSPS) is 24.2. The predicted molar refractivity (Wildman–Crippen MR) is 127 cm³/mol. The smallest absolute Gasteiger partial charge is 0.359 e. The van der Waals surface area contributed by atoms with Gasteiger partial charge in [-0.15, -0.1) is 16.4 Å². The van der Waals surface area contributed by atoms with Gasteiger partial charge in [-0.05, 0) is 52.4 Å². The number of hydrogen-bond acceptors (Lipinski definition) is 5. The maximum atomic E-state index is 13.2. The highest BCUT2D eigenvalue weighted by Crippen LogP contribution is 2.51. The molecule has 0 bridgehead atoms. The molecule has 3 atom stereocenters. The van der Waals surface area contributed by atoms with Crippen molar-refractivity contribution in [2.24, 2.45) is 0 Å². The van der Waals surface area contributed by atoms with Crippen molar-refractivity contribution in [1.29, 1.82) is 0 Å². The maximum absolute atomic E-state index is 13.2. The lowest BCUT2D eigenvalue weighted by molar-refractivity contribution is -1.09. The molecule has 7 nitrogen and oxygen atoms in total. The molecule has 1 aromatic rings. The van der Waals surface area contributed by atoms with Gasteiger partial charge in [-0.25, -0.2) is 4.79 Å². The summed E-state index contributed by atoms with van der Waals surface area (Å²) in [5.74, 6) is -0.446. The van der Waals surface area contributed by atoms with E-state index < -0.39 is 16.8 Å². The lowest BCUT2D eigenvalue weighted by Crippen LogP contribution is -2.71. The quantitative estimate of drug-likeness (QED) is 0.264. The van der Waals surface area contributed by atoms with Crippen LogP contribution in [-0.2, 0) is 21.0 Å². The number of thiocarbonyl (C=S) groups is 1. The minimum Gasteiger partial charge on any atom is -0.359 e. The van der Waals surface area contributed by atoms with E-state index in [0.717, 1.165) is 5.56 Å². The summed E-state index contributed by atoms with van der Waals surface area (Å²) < 4.78 is -0.185. The number of rotatable bonds is 8. The Morgan fingerprint density at radius 2 is 1.81 bits per heavy atom. The molecule has 9 heteroatoms. The molecule has 0 aromatic heterocycles. The SMILES string of the molecule is CC[N+](CC)(CC)OC(=O)[C@@H]1N2C(=O)[C@@H](NC(=S)NCc3ccccc3)[C@H]2SC1(C)C. The van der Waals surface area contributed by atoms with Crippen molar-refractivity contribution in [2.45, 2.75) is 63.4 Å². The first kappa shape index (κ1) is 23.8. The van der Waals surface area contributed by atoms with Crippen LogP contribution in [0, 0.1) is 0 Å². The van der Waals surface area contributed by atoms with E-state index in [9.17, 15) is 9.59 Å². The summed E-state index contributed by atoms with van der Waals surface area (Å²) >= 11 is 7.02. The second kappa shape index (κ2) is 9.34. The van der Waals surface area contributed by atoms with Crippen LogP contribution in [-0.4, -0.2) is 68.4 Å². The molecule has 31 heavy (non-hydrogen) atoms. The summed E-state index contributed by atoms with van der Waals surface area (Å²) in [5, 5.41) is 6.58. The Labute approximate surface area is 194 Å². The number of β-lactam (4-membered cyclic amide) rings is 1. The van der Waals surface area contributed by atoms with Gasteiger partial charge in [0.15, 0.2) is 11.2 Å². The molecule has 2 saturated heterocycles. The fourth-order valence-corrected chi connectivity index (χ4v) is 6.02. The van der Waals surface area contributed by atoms with Crippen molar-refractivity contribution < 1.29 is 19.1 Å². The highest BCUT2D eigenvalue weighted by atomic mass is 32.2. The van der Waals surface area contributed by atoms with Crippen molar-refractivity contribution in [3.63, 3.8) is 0 Å². The van der Waals surface area contributed by atoms with Crippen molar-refractivity contribution in [3.05, 3.63) is 35.9 Å². The van der Waals surface area contributed by atoms with Gasteiger partial charge in [0, 0.05) is 11.3 Å². The molecule has 0 spiro atoms. The number of fused-ring (bicyclic) bond motifs is 1. The zero-order valence-electron chi connectivity index (χ0n) is 18.9. The highest BCUT2D eigenvalue weighted by Gasteiger charge is 2.65. The number of hydroxylamine groups is 3. The van der Waals surface area contributed by atoms with Crippen LogP contribution >= 0.6 is 24.0 Å². The van der Waals surface area contributed by atoms with Gasteiger partial charge in [0.2, 0.25) is 5.91 Å². The Hall–Kier alpha value is -1.84. The van der Waals surface area contributed by atoms with Gasteiger partial charge in [0.05, 0.1) is 0 Å². The molecule has 1 amide bonds. The van der Waals surface area contributed by atoms with Crippen LogP contribution in [0.5, 0.6) is 0 Å². The van der Waals surface area contributed by atoms with Crippen LogP contribution in [0.4, 0.5) is 0 Å². The number of carbonyl (C=O) groups is 2. The van der Waals surface area contributed by atoms with Gasteiger partial charge < -0.3 is 15.5 Å². The summed E-state index contributed by atoms with van der Waals surface area (Å²) in [4.78, 5) is 33.8. The summed E-state index contributed by atoms with van der Waals surface area (Å²) in [6.07, 6.45) is 0. The topological polar surface area (TPSA) is 70.7 Å². The fraction of sp³-hybridized carbons (Fsp3) is 0.591. The standard InChI is InChI=1S/C22H32N4O3S2/c1-6-26(7-2,8-3)29-20(28)17-22(4,5)31-19-16(18(27)25(17)19)24-21(30)23-14-15-12-10-9-11-13-15/h9-13,16-17,19H,6-8,14H2,1-5H3,(H-,23,24,30)/p+1/t16-,17+,19-/m1/s1. The van der Waals surface area contributed by atoms with E-state index in [1.165, 1.54) is 0 Å². The third-order valence-corrected chi connectivity index (χ3v) is 8.09. The number of thioether (sulfide) groups is 1. The maximum Gasteiger partial charge on any atom is 0.390 e. The third-order valence-electron chi connectivity index (χ3n) is 6.26. The van der Waals surface area contributed by atoms with E-state index in [1.54, 1.807) is 16.7 Å². The molecule has 2 aliphatic rings. The van der Waals surface area contributed by atoms with E-state index in [1.807, 2.05) is 65.0 Å². The van der Waals surface area contributed by atoms with Crippen molar-refractivity contribution in [1.82, 2.24) is 15.5 Å². The lowest BCUT2D eigenvalue weighted by atomic mass is 9.96. The first-order valence-electron chi connectivity index (χ1n) is 10.9. The van der Waals surface area contributed by atoms with Gasteiger partial charge in [-0.1, -0.05) is 30.3 Å². The molecular weight excluding hydrogens is 432 g/mol. The number of quaternary nitrogens is 1. The molecule has 2 aliphatic heterocycles. The molecule has 1 aromatic carbocycles. The van der Waals surface area contributed by atoms with E-state index in [-0.39, 0.29) is 21.9 Å². The molecule has 2 N–H and O–H groups in total. The second-order valence-corrected chi connectivity index (χ2v) is 10.6. The summed E-state index contributed by atoms with van der Waals surface area (Å²) in [6.45, 7) is 12.7. The Morgan fingerprint density at radius 3 is 2.39 bits per heavy atom. The van der Waals surface area contributed by atoms with Crippen LogP contribution in [0.15, 0.2) is 30.3 Å². The van der Waals surface area contributed by atoms with Crippen LogP contribution < -0.4 is 10.6 Å². The molecule has 0 radical (unpaired) electrons. The molecule has 0 unspecified atom stereocenters. The van der Waals surface area contributed by atoms with Crippen molar-refractivity contribution in [2.75, 3.05) is 19.6 Å². The lowest BCUT2D eigenvalue weighted by Gasteiger charge is -2.44. The monoisotopic (exact) mass is 465 g/mol. The Balaban J connectivity index is 1.63. The Morgan fingerprint density at radius 1 is 1.19 bits per heavy atom. The summed E-state index contributed by atoms with van der Waals surface area (Å²) in [5.41, 5.74) is 1.11. The van der Waals surface area contributed by atoms with E-state index in [0.29, 0.717) is 31.3 Å². The van der Waals surface area contributed by atoms with Gasteiger partial charge in [-0.2, -0.15) is 0 Å². The number of nitrogens with one attached hydrogen (secondary N) is 2. The summed E-state index contributed by atoms with van der Waals surface area (Å²) in [7, 11) is 0. The zero-order chi connectivity index (χ0) is 22.8. The molecule has 0 saturated carbocycles. The number of nitrogens with zero attached hydrogens (tertiary/aromatic N) is 2. The highest BCUT2D eigenvalue weighted by molar-refractivity contribution is 8.01. The number of hydrogen-bond donors (Lipinski definition) is 2. The van der Waals surface area contributed by atoms with Crippen LogP contribution in [0.25, 0.3) is 0 Å². The molecule has 0 aliphatic carbocycles. The van der Waals surface area contributed by atoms with Crippen molar-refractivity contribution >= 4 is 41.0 Å². The van der Waals surface area contributed by atoms with Crippen LogP contribution in [0.3, 0.4) is 0 Å². The van der Waals surface area contributed by atoms with Gasteiger partial charge in [0.1, 0.15) is 31.0 Å². The molecule has 2 fully saturated rings. The predicted octanol–water partition coefficient (Wildman–Crippen LogP) is 2.42. The third kappa shape index (κ3) is 4.68. The van der Waals surface area contributed by atoms with Crippen LogP contribution in [0.1, 0.15) is 40.2 Å². The summed E-state index contributed by atoms with van der Waals surface area (Å²) in [6, 6.07) is 8.88. The Kier molecular flexibility index (Phi) is 7.18. The first-order chi connectivity index (χ1) is 14.7.